The van der Waals surface area contributed by atoms with Crippen molar-refractivity contribution in [1.29, 1.82) is 0 Å². The number of ether oxygens (including phenoxy) is 1. The Morgan fingerprint density at radius 2 is 1.76 bits per heavy atom. The third-order valence-electron chi connectivity index (χ3n) is 3.78. The molecule has 2 rings (SSSR count). The maximum Gasteiger partial charge on any atom is 0.314 e. The molecule has 5 nitrogen and oxygen atoms in total. The lowest BCUT2D eigenvalue weighted by atomic mass is 9.98. The van der Waals surface area contributed by atoms with E-state index in [1.165, 1.54) is 13.2 Å². The summed E-state index contributed by atoms with van der Waals surface area (Å²) in [6.07, 6.45) is 0. The highest BCUT2D eigenvalue weighted by molar-refractivity contribution is 6.44. The maximum absolute atomic E-state index is 12.3. The van der Waals surface area contributed by atoms with Gasteiger partial charge in [-0.3, -0.25) is 9.59 Å². The fourth-order valence-electron chi connectivity index (χ4n) is 2.47. The Bertz CT molecular complexity index is 803. The standard InChI is InChI=1S/C19H21ClN2O3/c1-11(2)14-7-5-6-12(3)17(14)22-19(24)18(23)21-15-10-13(20)8-9-16(15)25-4/h5-11H,1-4H3,(H,21,23)(H,22,24). The Labute approximate surface area is 152 Å². The minimum absolute atomic E-state index is 0.214. The molecule has 0 heterocycles. The van der Waals surface area contributed by atoms with Crippen molar-refractivity contribution in [3.8, 4) is 5.75 Å². The van der Waals surface area contributed by atoms with Crippen LogP contribution in [-0.2, 0) is 9.59 Å². The van der Waals surface area contributed by atoms with Crippen molar-refractivity contribution in [3.05, 3.63) is 52.5 Å². The maximum atomic E-state index is 12.3. The van der Waals surface area contributed by atoms with Crippen molar-refractivity contribution in [1.82, 2.24) is 0 Å². The predicted octanol–water partition coefficient (Wildman–Crippen LogP) is 4.36. The summed E-state index contributed by atoms with van der Waals surface area (Å²) in [6.45, 7) is 5.95. The second-order valence-electron chi connectivity index (χ2n) is 5.95. The summed E-state index contributed by atoms with van der Waals surface area (Å²) in [5.74, 6) is -0.910. The average molecular weight is 361 g/mol. The van der Waals surface area contributed by atoms with Gasteiger partial charge in [-0.2, -0.15) is 0 Å². The molecule has 2 N–H and O–H groups in total. The van der Waals surface area contributed by atoms with E-state index in [0.29, 0.717) is 22.1 Å². The minimum atomic E-state index is -0.793. The fraction of sp³-hybridized carbons (Fsp3) is 0.263. The number of para-hydroxylation sites is 1. The molecule has 0 bridgehead atoms. The summed E-state index contributed by atoms with van der Waals surface area (Å²) in [7, 11) is 1.47. The van der Waals surface area contributed by atoms with Crippen molar-refractivity contribution < 1.29 is 14.3 Å². The van der Waals surface area contributed by atoms with E-state index in [2.05, 4.69) is 10.6 Å². The average Bonchev–Trinajstić information content (AvgIpc) is 2.56. The first-order valence-electron chi connectivity index (χ1n) is 7.89. The molecule has 132 valence electrons. The summed E-state index contributed by atoms with van der Waals surface area (Å²) < 4.78 is 5.16. The highest BCUT2D eigenvalue weighted by atomic mass is 35.5. The van der Waals surface area contributed by atoms with E-state index in [-0.39, 0.29) is 5.92 Å². The molecule has 0 spiro atoms. The van der Waals surface area contributed by atoms with Crippen LogP contribution in [0.2, 0.25) is 5.02 Å². The van der Waals surface area contributed by atoms with Crippen LogP contribution in [0, 0.1) is 6.92 Å². The fourth-order valence-corrected chi connectivity index (χ4v) is 2.64. The number of benzene rings is 2. The number of anilines is 2. The zero-order valence-electron chi connectivity index (χ0n) is 14.6. The van der Waals surface area contributed by atoms with E-state index in [0.717, 1.165) is 11.1 Å². The Balaban J connectivity index is 2.20. The van der Waals surface area contributed by atoms with Crippen molar-refractivity contribution in [3.63, 3.8) is 0 Å². The first-order chi connectivity index (χ1) is 11.8. The molecule has 0 radical (unpaired) electrons. The Morgan fingerprint density at radius 3 is 2.40 bits per heavy atom. The number of hydrogen-bond acceptors (Lipinski definition) is 3. The first kappa shape index (κ1) is 18.8. The minimum Gasteiger partial charge on any atom is -0.495 e. The number of aryl methyl sites for hydroxylation is 1. The summed E-state index contributed by atoms with van der Waals surface area (Å²) in [6, 6.07) is 10.5. The lowest BCUT2D eigenvalue weighted by Crippen LogP contribution is -2.30. The van der Waals surface area contributed by atoms with Gasteiger partial charge in [-0.15, -0.1) is 0 Å². The number of halogens is 1. The van der Waals surface area contributed by atoms with Crippen LogP contribution in [0.15, 0.2) is 36.4 Å². The van der Waals surface area contributed by atoms with Gasteiger partial charge in [0, 0.05) is 10.7 Å². The van der Waals surface area contributed by atoms with Gasteiger partial charge >= 0.3 is 11.8 Å². The van der Waals surface area contributed by atoms with Gasteiger partial charge < -0.3 is 15.4 Å². The molecular formula is C19H21ClN2O3. The van der Waals surface area contributed by atoms with E-state index in [1.807, 2.05) is 39.0 Å². The number of carbonyl (C=O) groups is 2. The topological polar surface area (TPSA) is 67.4 Å². The normalized spacial score (nSPS) is 10.5. The number of rotatable bonds is 4. The van der Waals surface area contributed by atoms with E-state index in [1.54, 1.807) is 12.1 Å². The molecule has 2 amide bonds. The Kier molecular flexibility index (Phi) is 6.04. The van der Waals surface area contributed by atoms with Crippen LogP contribution in [0.3, 0.4) is 0 Å². The van der Waals surface area contributed by atoms with Crippen LogP contribution in [0.25, 0.3) is 0 Å². The lowest BCUT2D eigenvalue weighted by molar-refractivity contribution is -0.133. The number of amides is 2. The van der Waals surface area contributed by atoms with Gasteiger partial charge in [-0.1, -0.05) is 43.6 Å². The summed E-state index contributed by atoms with van der Waals surface area (Å²) in [4.78, 5) is 24.6. The van der Waals surface area contributed by atoms with Gasteiger partial charge in [0.1, 0.15) is 5.75 Å². The van der Waals surface area contributed by atoms with Gasteiger partial charge in [-0.25, -0.2) is 0 Å². The van der Waals surface area contributed by atoms with Crippen LogP contribution >= 0.6 is 11.6 Å². The third kappa shape index (κ3) is 4.51. The van der Waals surface area contributed by atoms with Crippen LogP contribution in [0.1, 0.15) is 30.9 Å². The third-order valence-corrected chi connectivity index (χ3v) is 4.02. The molecule has 0 aliphatic rings. The molecule has 0 fully saturated rings. The van der Waals surface area contributed by atoms with Gasteiger partial charge in [0.05, 0.1) is 12.8 Å². The van der Waals surface area contributed by atoms with Crippen molar-refractivity contribution in [2.45, 2.75) is 26.7 Å². The van der Waals surface area contributed by atoms with Gasteiger partial charge in [0.2, 0.25) is 0 Å². The van der Waals surface area contributed by atoms with E-state index < -0.39 is 11.8 Å². The van der Waals surface area contributed by atoms with Gasteiger partial charge in [0.25, 0.3) is 0 Å². The smallest absolute Gasteiger partial charge is 0.314 e. The zero-order chi connectivity index (χ0) is 18.6. The quantitative estimate of drug-likeness (QED) is 0.796. The van der Waals surface area contributed by atoms with Crippen molar-refractivity contribution >= 4 is 34.8 Å². The number of nitrogens with one attached hydrogen (secondary N) is 2. The van der Waals surface area contributed by atoms with Crippen LogP contribution < -0.4 is 15.4 Å². The van der Waals surface area contributed by atoms with Gasteiger partial charge in [-0.05, 0) is 42.2 Å². The summed E-state index contributed by atoms with van der Waals surface area (Å²) in [5.41, 5.74) is 2.87. The van der Waals surface area contributed by atoms with Crippen molar-refractivity contribution in [2.75, 3.05) is 17.7 Å². The van der Waals surface area contributed by atoms with E-state index in [4.69, 9.17) is 16.3 Å². The monoisotopic (exact) mass is 360 g/mol. The SMILES string of the molecule is COc1ccc(Cl)cc1NC(=O)C(=O)Nc1c(C)cccc1C(C)C. The molecule has 0 saturated carbocycles. The molecule has 0 aliphatic heterocycles. The Morgan fingerprint density at radius 1 is 1.08 bits per heavy atom. The molecule has 0 atom stereocenters. The summed E-state index contributed by atoms with van der Waals surface area (Å²) >= 11 is 5.94. The van der Waals surface area contributed by atoms with E-state index in [9.17, 15) is 9.59 Å². The molecule has 2 aromatic carbocycles. The largest absolute Gasteiger partial charge is 0.495 e. The van der Waals surface area contributed by atoms with Crippen molar-refractivity contribution in [2.24, 2.45) is 0 Å². The highest BCUT2D eigenvalue weighted by Crippen LogP contribution is 2.29. The molecular weight excluding hydrogens is 340 g/mol. The molecule has 6 heteroatoms. The second-order valence-corrected chi connectivity index (χ2v) is 6.38. The lowest BCUT2D eigenvalue weighted by Gasteiger charge is -2.16. The predicted molar refractivity (Wildman–Crippen MR) is 101 cm³/mol. The molecule has 0 aliphatic carbocycles. The van der Waals surface area contributed by atoms with Gasteiger partial charge in [0.15, 0.2) is 0 Å². The second kappa shape index (κ2) is 8.03. The molecule has 0 unspecified atom stereocenters. The molecule has 2 aromatic rings. The summed E-state index contributed by atoms with van der Waals surface area (Å²) in [5, 5.41) is 5.67. The number of methoxy groups -OCH3 is 1. The van der Waals surface area contributed by atoms with Crippen LogP contribution in [0.4, 0.5) is 11.4 Å². The van der Waals surface area contributed by atoms with Crippen LogP contribution in [0.5, 0.6) is 5.75 Å². The van der Waals surface area contributed by atoms with Crippen LogP contribution in [-0.4, -0.2) is 18.9 Å². The molecule has 25 heavy (non-hydrogen) atoms. The molecule has 0 saturated heterocycles. The zero-order valence-corrected chi connectivity index (χ0v) is 15.4. The molecule has 0 aromatic heterocycles. The first-order valence-corrected chi connectivity index (χ1v) is 8.26. The van der Waals surface area contributed by atoms with E-state index >= 15 is 0 Å². The Hall–Kier alpha value is -2.53. The number of hydrogen-bond donors (Lipinski definition) is 2. The highest BCUT2D eigenvalue weighted by Gasteiger charge is 2.19. The number of carbonyl (C=O) groups excluding carboxylic acids is 2.